The molecule has 1 unspecified atom stereocenters. The molecule has 0 fully saturated rings. The van der Waals surface area contributed by atoms with E-state index >= 15 is 0 Å². The average Bonchev–Trinajstić information content (AvgIpc) is 2.41. The maximum atomic E-state index is 11.8. The monoisotopic (exact) mass is 309 g/mol. The van der Waals surface area contributed by atoms with Gasteiger partial charge in [-0.1, -0.05) is 17.7 Å². The highest BCUT2D eigenvalue weighted by molar-refractivity contribution is 5.84. The van der Waals surface area contributed by atoms with Crippen LogP contribution in [0.25, 0.3) is 0 Å². The summed E-state index contributed by atoms with van der Waals surface area (Å²) in [6.07, 6.45) is 0.208. The van der Waals surface area contributed by atoms with Crippen LogP contribution in [0, 0.1) is 20.8 Å². The number of benzene rings is 1. The van der Waals surface area contributed by atoms with Gasteiger partial charge in [-0.3, -0.25) is 4.79 Å². The first-order valence-electron chi connectivity index (χ1n) is 7.07. The molecule has 0 spiro atoms. The van der Waals surface area contributed by atoms with Crippen molar-refractivity contribution in [2.75, 3.05) is 20.3 Å². The van der Waals surface area contributed by atoms with Crippen molar-refractivity contribution in [1.82, 2.24) is 5.32 Å². The minimum Gasteiger partial charge on any atom is -0.483 e. The predicted molar refractivity (Wildman–Crippen MR) is 82.2 cm³/mol. The second kappa shape index (κ2) is 8.38. The minimum absolute atomic E-state index is 0.208. The highest BCUT2D eigenvalue weighted by Crippen LogP contribution is 2.24. The Morgan fingerprint density at radius 2 is 1.82 bits per heavy atom. The van der Waals surface area contributed by atoms with E-state index in [0.717, 1.165) is 16.7 Å². The molecule has 0 saturated carbocycles. The molecule has 0 aliphatic carbocycles. The third-order valence-electron chi connectivity index (χ3n) is 3.20. The Labute approximate surface area is 130 Å². The number of aliphatic carboxylic acids is 1. The van der Waals surface area contributed by atoms with Gasteiger partial charge in [-0.05, 0) is 31.9 Å². The number of nitrogens with one attached hydrogen (secondary N) is 1. The highest BCUT2D eigenvalue weighted by Gasteiger charge is 2.20. The molecule has 0 radical (unpaired) electrons. The van der Waals surface area contributed by atoms with Gasteiger partial charge in [0.05, 0.1) is 0 Å². The average molecular weight is 309 g/mol. The summed E-state index contributed by atoms with van der Waals surface area (Å²) in [7, 11) is 1.48. The summed E-state index contributed by atoms with van der Waals surface area (Å²) in [5.41, 5.74) is 3.01. The van der Waals surface area contributed by atoms with Gasteiger partial charge >= 0.3 is 5.97 Å². The molecule has 0 heterocycles. The van der Waals surface area contributed by atoms with E-state index < -0.39 is 17.9 Å². The van der Waals surface area contributed by atoms with Crippen molar-refractivity contribution in [3.05, 3.63) is 28.8 Å². The molecule has 1 rings (SSSR count). The number of carboxylic acid groups (broad SMARTS) is 1. The van der Waals surface area contributed by atoms with Crippen LogP contribution in [0.5, 0.6) is 5.75 Å². The van der Waals surface area contributed by atoms with Crippen molar-refractivity contribution in [2.45, 2.75) is 33.2 Å². The van der Waals surface area contributed by atoms with Crippen LogP contribution >= 0.6 is 0 Å². The van der Waals surface area contributed by atoms with Crippen LogP contribution in [-0.4, -0.2) is 43.3 Å². The number of carboxylic acids is 1. The Balaban J connectivity index is 2.60. The van der Waals surface area contributed by atoms with Gasteiger partial charge in [0.15, 0.2) is 6.61 Å². The lowest BCUT2D eigenvalue weighted by atomic mass is 10.1. The summed E-state index contributed by atoms with van der Waals surface area (Å²) in [5, 5.41) is 11.5. The summed E-state index contributed by atoms with van der Waals surface area (Å²) in [6.45, 7) is 5.84. The topological polar surface area (TPSA) is 84.9 Å². The van der Waals surface area contributed by atoms with Gasteiger partial charge in [-0.25, -0.2) is 4.79 Å². The van der Waals surface area contributed by atoms with Crippen LogP contribution in [0.1, 0.15) is 23.1 Å². The molecule has 0 bridgehead atoms. The van der Waals surface area contributed by atoms with Gasteiger partial charge in [0.1, 0.15) is 11.8 Å². The molecule has 1 aromatic carbocycles. The molecule has 1 aromatic rings. The van der Waals surface area contributed by atoms with Gasteiger partial charge < -0.3 is 19.9 Å². The number of carbonyl (C=O) groups is 2. The van der Waals surface area contributed by atoms with Crippen LogP contribution in [0.3, 0.4) is 0 Å². The van der Waals surface area contributed by atoms with Gasteiger partial charge in [-0.2, -0.15) is 0 Å². The van der Waals surface area contributed by atoms with Crippen molar-refractivity contribution in [3.63, 3.8) is 0 Å². The van der Waals surface area contributed by atoms with Crippen molar-refractivity contribution < 1.29 is 24.2 Å². The summed E-state index contributed by atoms with van der Waals surface area (Å²) >= 11 is 0. The number of ether oxygens (including phenoxy) is 2. The number of amides is 1. The number of aryl methyl sites for hydroxylation is 3. The normalized spacial score (nSPS) is 11.8. The molecule has 0 aromatic heterocycles. The fourth-order valence-corrected chi connectivity index (χ4v) is 2.26. The molecule has 0 aliphatic rings. The first-order valence-corrected chi connectivity index (χ1v) is 7.07. The lowest BCUT2D eigenvalue weighted by Gasteiger charge is -2.16. The van der Waals surface area contributed by atoms with E-state index in [-0.39, 0.29) is 19.6 Å². The molecule has 1 atom stereocenters. The fraction of sp³-hybridized carbons (Fsp3) is 0.500. The lowest BCUT2D eigenvalue weighted by molar-refractivity contribution is -0.142. The maximum absolute atomic E-state index is 11.8. The Bertz CT molecular complexity index is 518. The van der Waals surface area contributed by atoms with Gasteiger partial charge in [0, 0.05) is 20.1 Å². The molecule has 2 N–H and O–H groups in total. The van der Waals surface area contributed by atoms with Gasteiger partial charge in [0.25, 0.3) is 5.91 Å². The quantitative estimate of drug-likeness (QED) is 0.762. The maximum Gasteiger partial charge on any atom is 0.326 e. The molecular weight excluding hydrogens is 286 g/mol. The first kappa shape index (κ1) is 18.0. The smallest absolute Gasteiger partial charge is 0.326 e. The van der Waals surface area contributed by atoms with Crippen molar-refractivity contribution in [3.8, 4) is 5.75 Å². The Morgan fingerprint density at radius 1 is 1.23 bits per heavy atom. The van der Waals surface area contributed by atoms with Crippen LogP contribution < -0.4 is 10.1 Å². The standard InChI is InChI=1S/C16H23NO5/c1-10-7-11(2)15(12(3)8-10)22-9-14(18)17-13(16(19)20)5-6-21-4/h7-8,13H,5-6,9H2,1-4H3,(H,17,18)(H,19,20). The number of carbonyl (C=O) groups excluding carboxylic acids is 1. The molecular formula is C16H23NO5. The van der Waals surface area contributed by atoms with E-state index in [0.29, 0.717) is 5.75 Å². The predicted octanol–water partition coefficient (Wildman–Crippen LogP) is 1.60. The summed E-state index contributed by atoms with van der Waals surface area (Å²) in [5.74, 6) is -0.902. The molecule has 22 heavy (non-hydrogen) atoms. The third kappa shape index (κ3) is 5.37. The Morgan fingerprint density at radius 3 is 2.32 bits per heavy atom. The fourth-order valence-electron chi connectivity index (χ4n) is 2.26. The van der Waals surface area contributed by atoms with E-state index in [1.165, 1.54) is 7.11 Å². The zero-order valence-electron chi connectivity index (χ0n) is 13.4. The zero-order chi connectivity index (χ0) is 16.7. The van der Waals surface area contributed by atoms with Crippen LogP contribution in [-0.2, 0) is 14.3 Å². The van der Waals surface area contributed by atoms with Crippen LogP contribution in [0.4, 0.5) is 0 Å². The molecule has 0 aliphatic heterocycles. The molecule has 122 valence electrons. The van der Waals surface area contributed by atoms with Crippen molar-refractivity contribution in [2.24, 2.45) is 0 Å². The molecule has 1 amide bonds. The Hall–Kier alpha value is -2.08. The third-order valence-corrected chi connectivity index (χ3v) is 3.20. The number of hydrogen-bond acceptors (Lipinski definition) is 4. The van der Waals surface area contributed by atoms with E-state index in [1.54, 1.807) is 0 Å². The largest absolute Gasteiger partial charge is 0.483 e. The summed E-state index contributed by atoms with van der Waals surface area (Å²) in [6, 6.07) is 2.97. The zero-order valence-corrected chi connectivity index (χ0v) is 13.4. The van der Waals surface area contributed by atoms with E-state index in [4.69, 9.17) is 14.6 Å². The van der Waals surface area contributed by atoms with Crippen molar-refractivity contribution in [1.29, 1.82) is 0 Å². The van der Waals surface area contributed by atoms with Gasteiger partial charge in [0.2, 0.25) is 0 Å². The molecule has 6 heteroatoms. The lowest BCUT2D eigenvalue weighted by Crippen LogP contribution is -2.43. The summed E-state index contributed by atoms with van der Waals surface area (Å²) < 4.78 is 10.4. The second-order valence-electron chi connectivity index (χ2n) is 5.26. The van der Waals surface area contributed by atoms with Crippen LogP contribution in [0.2, 0.25) is 0 Å². The number of rotatable bonds is 8. The number of methoxy groups -OCH3 is 1. The summed E-state index contributed by atoms with van der Waals surface area (Å²) in [4.78, 5) is 22.9. The SMILES string of the molecule is COCCC(NC(=O)COc1c(C)cc(C)cc1C)C(=O)O. The van der Waals surface area contributed by atoms with Crippen molar-refractivity contribution >= 4 is 11.9 Å². The molecule has 0 saturated heterocycles. The van der Waals surface area contributed by atoms with E-state index in [1.807, 2.05) is 32.9 Å². The van der Waals surface area contributed by atoms with E-state index in [9.17, 15) is 9.59 Å². The first-order chi connectivity index (χ1) is 10.3. The highest BCUT2D eigenvalue weighted by atomic mass is 16.5. The Kier molecular flexibility index (Phi) is 6.85. The second-order valence-corrected chi connectivity index (χ2v) is 5.26. The van der Waals surface area contributed by atoms with Crippen LogP contribution in [0.15, 0.2) is 12.1 Å². The van der Waals surface area contributed by atoms with Gasteiger partial charge in [-0.15, -0.1) is 0 Å². The molecule has 6 nitrogen and oxygen atoms in total. The minimum atomic E-state index is -1.09. The number of hydrogen-bond donors (Lipinski definition) is 2. The van der Waals surface area contributed by atoms with E-state index in [2.05, 4.69) is 5.32 Å².